The van der Waals surface area contributed by atoms with Gasteiger partial charge in [-0.2, -0.15) is 5.10 Å². The zero-order valence-corrected chi connectivity index (χ0v) is 24.6. The van der Waals surface area contributed by atoms with E-state index in [0.29, 0.717) is 16.0 Å². The zero-order chi connectivity index (χ0) is 29.4. The van der Waals surface area contributed by atoms with Crippen LogP contribution in [0.25, 0.3) is 0 Å². The maximum atomic E-state index is 14.4. The molecule has 41 heavy (non-hydrogen) atoms. The summed E-state index contributed by atoms with van der Waals surface area (Å²) in [4.78, 5) is 27.6. The minimum atomic E-state index is -0.543. The summed E-state index contributed by atoms with van der Waals surface area (Å²) in [5.41, 5.74) is 4.68. The van der Waals surface area contributed by atoms with E-state index in [1.807, 2.05) is 26.0 Å². The van der Waals surface area contributed by atoms with E-state index in [0.717, 1.165) is 18.8 Å². The molecule has 2 N–H and O–H groups in total. The van der Waals surface area contributed by atoms with Gasteiger partial charge in [0.05, 0.1) is 22.5 Å². The number of hydrogen-bond donors (Lipinski definition) is 2. The van der Waals surface area contributed by atoms with E-state index in [-0.39, 0.29) is 34.2 Å². The lowest BCUT2D eigenvalue weighted by atomic mass is 10.1. The molecule has 0 atom stereocenters. The lowest BCUT2D eigenvalue weighted by molar-refractivity contribution is 0.0956. The number of para-hydroxylation sites is 1. The van der Waals surface area contributed by atoms with Gasteiger partial charge in [-0.25, -0.2) is 9.82 Å². The zero-order valence-electron chi connectivity index (χ0n) is 22.3. The number of amides is 2. The van der Waals surface area contributed by atoms with Crippen molar-refractivity contribution in [3.8, 4) is 5.75 Å². The molecule has 212 valence electrons. The number of anilines is 2. The van der Waals surface area contributed by atoms with E-state index in [1.165, 1.54) is 24.4 Å². The van der Waals surface area contributed by atoms with Crippen molar-refractivity contribution in [2.24, 2.45) is 5.10 Å². The molecule has 0 saturated carbocycles. The van der Waals surface area contributed by atoms with E-state index in [1.54, 1.807) is 42.5 Å². The summed E-state index contributed by atoms with van der Waals surface area (Å²) in [7, 11) is 0. The summed E-state index contributed by atoms with van der Waals surface area (Å²) in [5.74, 6) is -1.00. The fourth-order valence-electron chi connectivity index (χ4n) is 3.99. The number of ether oxygens (including phenoxy) is 1. The molecule has 2 amide bonds. The van der Waals surface area contributed by atoms with Crippen LogP contribution in [0.3, 0.4) is 0 Å². The molecule has 1 aromatic heterocycles. The van der Waals surface area contributed by atoms with Crippen LogP contribution in [-0.2, 0) is 6.61 Å². The average molecular weight is 642 g/mol. The Bertz CT molecular complexity index is 1550. The minimum Gasteiger partial charge on any atom is -0.488 e. The number of nitrogens with zero attached hydrogens (tertiary/aromatic N) is 2. The minimum absolute atomic E-state index is 0.0856. The monoisotopic (exact) mass is 640 g/mol. The molecule has 8 nitrogen and oxygen atoms in total. The molecular formula is C30H27BrClFN4O4. The molecule has 0 bridgehead atoms. The van der Waals surface area contributed by atoms with Crippen molar-refractivity contribution in [1.29, 1.82) is 0 Å². The Morgan fingerprint density at radius 2 is 1.83 bits per heavy atom. The number of nitrogens with one attached hydrogen (secondary N) is 2. The molecule has 0 aliphatic rings. The molecule has 4 rings (SSSR count). The third kappa shape index (κ3) is 7.53. The summed E-state index contributed by atoms with van der Waals surface area (Å²) < 4.78 is 26.0. The Kier molecular flexibility index (Phi) is 10.2. The number of carbonyl (C=O) groups is 2. The van der Waals surface area contributed by atoms with Gasteiger partial charge < -0.3 is 19.4 Å². The first-order chi connectivity index (χ1) is 19.8. The maximum Gasteiger partial charge on any atom is 0.291 e. The summed E-state index contributed by atoms with van der Waals surface area (Å²) >= 11 is 9.35. The Morgan fingerprint density at radius 3 is 2.54 bits per heavy atom. The normalized spacial score (nSPS) is 11.0. The standard InChI is InChI=1S/C30H27BrClFN4O4/c1-3-37(4-2)20-13-12-19(27(16-20)40-18-22-23(32)9-7-10-24(22)33)17-34-36-29(38)21-8-5-6-11-25(21)35-30(39)26-14-15-28(31)41-26/h5-17H,3-4,18H2,1-2H3,(H,35,39)(H,36,38)/b34-17-. The number of hydrogen-bond acceptors (Lipinski definition) is 6. The van der Waals surface area contributed by atoms with E-state index in [9.17, 15) is 14.0 Å². The Hall–Kier alpha value is -4.15. The summed E-state index contributed by atoms with van der Waals surface area (Å²) in [6.07, 6.45) is 1.43. The Labute approximate surface area is 250 Å². The SMILES string of the molecule is CCN(CC)c1ccc(/C=N\NC(=O)c2ccccc2NC(=O)c2ccc(Br)o2)c(OCc2c(F)cccc2Cl)c1. The van der Waals surface area contributed by atoms with Crippen LogP contribution in [0.2, 0.25) is 5.02 Å². The van der Waals surface area contributed by atoms with Gasteiger partial charge in [-0.1, -0.05) is 29.8 Å². The predicted octanol–water partition coefficient (Wildman–Crippen LogP) is 7.28. The Morgan fingerprint density at radius 1 is 1.05 bits per heavy atom. The van der Waals surface area contributed by atoms with Crippen LogP contribution in [0.4, 0.5) is 15.8 Å². The highest BCUT2D eigenvalue weighted by Crippen LogP contribution is 2.28. The van der Waals surface area contributed by atoms with Crippen molar-refractivity contribution in [2.45, 2.75) is 20.5 Å². The summed E-state index contributed by atoms with van der Waals surface area (Å²) in [6, 6.07) is 19.6. The van der Waals surface area contributed by atoms with Crippen LogP contribution in [0.15, 0.2) is 87.0 Å². The second kappa shape index (κ2) is 14.0. The van der Waals surface area contributed by atoms with E-state index < -0.39 is 17.6 Å². The maximum absolute atomic E-state index is 14.4. The fraction of sp³-hybridized carbons (Fsp3) is 0.167. The fourth-order valence-corrected chi connectivity index (χ4v) is 4.52. The van der Waals surface area contributed by atoms with Gasteiger partial charge in [-0.3, -0.25) is 9.59 Å². The quantitative estimate of drug-likeness (QED) is 0.133. The second-order valence-electron chi connectivity index (χ2n) is 8.69. The van der Waals surface area contributed by atoms with Gasteiger partial charge in [-0.05, 0) is 78.3 Å². The topological polar surface area (TPSA) is 96.2 Å². The molecule has 4 aromatic rings. The molecule has 0 aliphatic heterocycles. The van der Waals surface area contributed by atoms with E-state index >= 15 is 0 Å². The van der Waals surface area contributed by atoms with Crippen molar-refractivity contribution in [1.82, 2.24) is 5.43 Å². The molecule has 3 aromatic carbocycles. The van der Waals surface area contributed by atoms with Gasteiger partial charge >= 0.3 is 0 Å². The highest BCUT2D eigenvalue weighted by molar-refractivity contribution is 9.10. The smallest absolute Gasteiger partial charge is 0.291 e. The number of rotatable bonds is 11. The molecule has 1 heterocycles. The number of furan rings is 1. The highest BCUT2D eigenvalue weighted by Gasteiger charge is 2.16. The van der Waals surface area contributed by atoms with Gasteiger partial charge in [0.15, 0.2) is 10.4 Å². The van der Waals surface area contributed by atoms with Crippen LogP contribution < -0.4 is 20.4 Å². The lowest BCUT2D eigenvalue weighted by Crippen LogP contribution is -2.22. The molecule has 0 saturated heterocycles. The van der Waals surface area contributed by atoms with E-state index in [4.69, 9.17) is 20.8 Å². The lowest BCUT2D eigenvalue weighted by Gasteiger charge is -2.22. The largest absolute Gasteiger partial charge is 0.488 e. The van der Waals surface area contributed by atoms with Crippen molar-refractivity contribution < 1.29 is 23.1 Å². The second-order valence-corrected chi connectivity index (χ2v) is 9.87. The third-order valence-electron chi connectivity index (χ3n) is 6.15. The van der Waals surface area contributed by atoms with Crippen LogP contribution in [0, 0.1) is 5.82 Å². The third-order valence-corrected chi connectivity index (χ3v) is 6.93. The van der Waals surface area contributed by atoms with E-state index in [2.05, 4.69) is 36.7 Å². The predicted molar refractivity (Wildman–Crippen MR) is 162 cm³/mol. The number of hydrazone groups is 1. The van der Waals surface area contributed by atoms with Crippen LogP contribution in [0.1, 0.15) is 45.9 Å². The molecule has 0 aliphatic carbocycles. The van der Waals surface area contributed by atoms with Crippen LogP contribution in [-0.4, -0.2) is 31.1 Å². The van der Waals surface area contributed by atoms with Crippen molar-refractivity contribution in [3.05, 3.63) is 111 Å². The summed E-state index contributed by atoms with van der Waals surface area (Å²) in [6.45, 7) is 5.56. The molecular weight excluding hydrogens is 615 g/mol. The van der Waals surface area contributed by atoms with Crippen molar-refractivity contribution in [2.75, 3.05) is 23.3 Å². The molecule has 0 unspecified atom stereocenters. The summed E-state index contributed by atoms with van der Waals surface area (Å²) in [5, 5.41) is 7.05. The average Bonchev–Trinajstić information content (AvgIpc) is 3.41. The molecule has 11 heteroatoms. The Balaban J connectivity index is 1.52. The van der Waals surface area contributed by atoms with Crippen molar-refractivity contribution >= 4 is 56.9 Å². The molecule has 0 fully saturated rings. The van der Waals surface area contributed by atoms with Gasteiger partial charge in [-0.15, -0.1) is 0 Å². The first-order valence-corrected chi connectivity index (χ1v) is 13.9. The first kappa shape index (κ1) is 29.8. The van der Waals surface area contributed by atoms with Gasteiger partial charge in [0, 0.05) is 36.0 Å². The van der Waals surface area contributed by atoms with Crippen LogP contribution in [0.5, 0.6) is 5.75 Å². The van der Waals surface area contributed by atoms with Gasteiger partial charge in [0.2, 0.25) is 0 Å². The number of benzene rings is 3. The number of carbonyl (C=O) groups excluding carboxylic acids is 2. The number of halogens is 3. The van der Waals surface area contributed by atoms with Crippen LogP contribution >= 0.6 is 27.5 Å². The first-order valence-electron chi connectivity index (χ1n) is 12.7. The highest BCUT2D eigenvalue weighted by atomic mass is 79.9. The molecule has 0 spiro atoms. The van der Waals surface area contributed by atoms with Gasteiger partial charge in [0.25, 0.3) is 11.8 Å². The van der Waals surface area contributed by atoms with Gasteiger partial charge in [0.1, 0.15) is 18.2 Å². The molecule has 0 radical (unpaired) electrons. The van der Waals surface area contributed by atoms with Crippen molar-refractivity contribution in [3.63, 3.8) is 0 Å².